The summed E-state index contributed by atoms with van der Waals surface area (Å²) in [5, 5.41) is 10.2. The molecule has 1 aromatic heterocycles. The van der Waals surface area contributed by atoms with Gasteiger partial charge in [0.2, 0.25) is 5.95 Å². The van der Waals surface area contributed by atoms with Crippen molar-refractivity contribution in [2.75, 3.05) is 44.2 Å². The zero-order valence-electron chi connectivity index (χ0n) is 13.4. The van der Waals surface area contributed by atoms with Gasteiger partial charge in [-0.05, 0) is 30.3 Å². The molecule has 7 heteroatoms. The fourth-order valence-corrected chi connectivity index (χ4v) is 2.92. The molecule has 6 nitrogen and oxygen atoms in total. The minimum atomic E-state index is -0.506. The Bertz CT molecular complexity index is 618. The molecular formula is C17H21BrN4O2. The summed E-state index contributed by atoms with van der Waals surface area (Å²) in [6.07, 6.45) is 3.02. The molecule has 0 bridgehead atoms. The number of ether oxygens (including phenoxy) is 1. The van der Waals surface area contributed by atoms with Crippen molar-refractivity contribution in [2.24, 2.45) is 0 Å². The molecule has 0 saturated carbocycles. The zero-order valence-corrected chi connectivity index (χ0v) is 15.0. The van der Waals surface area contributed by atoms with Gasteiger partial charge in [0.1, 0.15) is 18.5 Å². The van der Waals surface area contributed by atoms with Gasteiger partial charge in [-0.2, -0.15) is 0 Å². The topological polar surface area (TPSA) is 61.7 Å². The van der Waals surface area contributed by atoms with Gasteiger partial charge in [0.15, 0.2) is 0 Å². The van der Waals surface area contributed by atoms with E-state index in [4.69, 9.17) is 4.74 Å². The number of nitrogens with zero attached hydrogens (tertiary/aromatic N) is 4. The molecule has 1 fully saturated rings. The average molecular weight is 393 g/mol. The highest BCUT2D eigenvalue weighted by atomic mass is 79.9. The van der Waals surface area contributed by atoms with Crippen LogP contribution in [0.25, 0.3) is 0 Å². The summed E-state index contributed by atoms with van der Waals surface area (Å²) in [6.45, 7) is 4.40. The standard InChI is InChI=1S/C17H21BrN4O2/c18-14-2-4-16(5-3-14)24-13-15(23)12-21-8-10-22(11-9-21)17-19-6-1-7-20-17/h1-7,15,23H,8-13H2. The second kappa shape index (κ2) is 8.41. The van der Waals surface area contributed by atoms with E-state index in [0.29, 0.717) is 13.2 Å². The van der Waals surface area contributed by atoms with Gasteiger partial charge < -0.3 is 14.7 Å². The second-order valence-corrected chi connectivity index (χ2v) is 6.67. The monoisotopic (exact) mass is 392 g/mol. The number of hydrogen-bond donors (Lipinski definition) is 1. The first-order chi connectivity index (χ1) is 11.7. The third kappa shape index (κ3) is 4.90. The number of hydrogen-bond acceptors (Lipinski definition) is 6. The number of aliphatic hydroxyl groups is 1. The molecule has 128 valence electrons. The Hall–Kier alpha value is -1.70. The number of aromatic nitrogens is 2. The van der Waals surface area contributed by atoms with E-state index in [1.54, 1.807) is 12.4 Å². The lowest BCUT2D eigenvalue weighted by molar-refractivity contribution is 0.0662. The minimum Gasteiger partial charge on any atom is -0.491 e. The number of aliphatic hydroxyl groups excluding tert-OH is 1. The number of rotatable bonds is 6. The van der Waals surface area contributed by atoms with Gasteiger partial charge in [0.25, 0.3) is 0 Å². The Kier molecular flexibility index (Phi) is 6.01. The largest absolute Gasteiger partial charge is 0.491 e. The molecule has 0 spiro atoms. The molecular weight excluding hydrogens is 372 g/mol. The molecule has 0 aliphatic carbocycles. The summed E-state index contributed by atoms with van der Waals surface area (Å²) in [5.41, 5.74) is 0. The van der Waals surface area contributed by atoms with Crippen LogP contribution in [0.5, 0.6) is 5.75 Å². The summed E-state index contributed by atoms with van der Waals surface area (Å²) in [5.74, 6) is 1.54. The molecule has 1 saturated heterocycles. The molecule has 1 unspecified atom stereocenters. The number of piperazine rings is 1. The van der Waals surface area contributed by atoms with Crippen molar-refractivity contribution in [3.63, 3.8) is 0 Å². The second-order valence-electron chi connectivity index (χ2n) is 5.76. The van der Waals surface area contributed by atoms with Crippen LogP contribution in [0.15, 0.2) is 47.2 Å². The number of β-amino-alcohol motifs (C(OH)–C–C–N with tert-alkyl or cyclic N) is 1. The molecule has 0 amide bonds. The van der Waals surface area contributed by atoms with Crippen molar-refractivity contribution >= 4 is 21.9 Å². The van der Waals surface area contributed by atoms with E-state index in [1.165, 1.54) is 0 Å². The van der Waals surface area contributed by atoms with Crippen molar-refractivity contribution in [1.82, 2.24) is 14.9 Å². The third-order valence-electron chi connectivity index (χ3n) is 3.93. The first kappa shape index (κ1) is 17.1. The quantitative estimate of drug-likeness (QED) is 0.808. The Balaban J connectivity index is 1.40. The van der Waals surface area contributed by atoms with E-state index < -0.39 is 6.10 Å². The number of benzene rings is 1. The molecule has 1 aromatic carbocycles. The lowest BCUT2D eigenvalue weighted by atomic mass is 10.2. The van der Waals surface area contributed by atoms with E-state index >= 15 is 0 Å². The first-order valence-corrected chi connectivity index (χ1v) is 8.81. The molecule has 24 heavy (non-hydrogen) atoms. The Morgan fingerprint density at radius 3 is 2.42 bits per heavy atom. The predicted octanol–water partition coefficient (Wildman–Crippen LogP) is 1.80. The van der Waals surface area contributed by atoms with Crippen LogP contribution in [0, 0.1) is 0 Å². The maximum Gasteiger partial charge on any atom is 0.225 e. The van der Waals surface area contributed by atoms with E-state index in [0.717, 1.165) is 42.3 Å². The van der Waals surface area contributed by atoms with Gasteiger partial charge in [0, 0.05) is 49.6 Å². The first-order valence-electron chi connectivity index (χ1n) is 8.01. The van der Waals surface area contributed by atoms with Gasteiger partial charge in [-0.3, -0.25) is 4.90 Å². The molecule has 2 heterocycles. The van der Waals surface area contributed by atoms with Crippen molar-refractivity contribution < 1.29 is 9.84 Å². The highest BCUT2D eigenvalue weighted by Gasteiger charge is 2.20. The summed E-state index contributed by atoms with van der Waals surface area (Å²) in [4.78, 5) is 13.0. The van der Waals surface area contributed by atoms with Crippen LogP contribution in [0.4, 0.5) is 5.95 Å². The SMILES string of the molecule is OC(COc1ccc(Br)cc1)CN1CCN(c2ncccn2)CC1. The van der Waals surface area contributed by atoms with Crippen molar-refractivity contribution in [2.45, 2.75) is 6.10 Å². The molecule has 3 rings (SSSR count). The molecule has 1 N–H and O–H groups in total. The van der Waals surface area contributed by atoms with Crippen LogP contribution in [0.1, 0.15) is 0 Å². The van der Waals surface area contributed by atoms with E-state index in [1.807, 2.05) is 30.3 Å². The Labute approximate surface area is 150 Å². The van der Waals surface area contributed by atoms with Gasteiger partial charge >= 0.3 is 0 Å². The Morgan fingerprint density at radius 2 is 1.75 bits per heavy atom. The fourth-order valence-electron chi connectivity index (χ4n) is 2.66. The zero-order chi connectivity index (χ0) is 16.8. The number of anilines is 1. The van der Waals surface area contributed by atoms with E-state index in [9.17, 15) is 5.11 Å². The van der Waals surface area contributed by atoms with Crippen LogP contribution in [0.3, 0.4) is 0 Å². The summed E-state index contributed by atoms with van der Waals surface area (Å²) < 4.78 is 6.64. The van der Waals surface area contributed by atoms with Gasteiger partial charge in [-0.25, -0.2) is 9.97 Å². The van der Waals surface area contributed by atoms with Gasteiger partial charge in [-0.15, -0.1) is 0 Å². The van der Waals surface area contributed by atoms with Crippen LogP contribution in [0.2, 0.25) is 0 Å². The maximum atomic E-state index is 10.2. The molecule has 1 atom stereocenters. The maximum absolute atomic E-state index is 10.2. The van der Waals surface area contributed by atoms with E-state index in [-0.39, 0.29) is 0 Å². The predicted molar refractivity (Wildman–Crippen MR) is 96.3 cm³/mol. The average Bonchev–Trinajstić information content (AvgIpc) is 2.63. The third-order valence-corrected chi connectivity index (χ3v) is 4.46. The van der Waals surface area contributed by atoms with Crippen molar-refractivity contribution in [1.29, 1.82) is 0 Å². The lowest BCUT2D eigenvalue weighted by Gasteiger charge is -2.35. The van der Waals surface area contributed by atoms with Crippen LogP contribution in [-0.4, -0.2) is 65.4 Å². The number of halogens is 1. The summed E-state index contributed by atoms with van der Waals surface area (Å²) in [6, 6.07) is 9.44. The van der Waals surface area contributed by atoms with Gasteiger partial charge in [0.05, 0.1) is 0 Å². The van der Waals surface area contributed by atoms with Crippen LogP contribution in [-0.2, 0) is 0 Å². The molecule has 2 aromatic rings. The lowest BCUT2D eigenvalue weighted by Crippen LogP contribution is -2.49. The molecule has 1 aliphatic heterocycles. The molecule has 1 aliphatic rings. The fraction of sp³-hybridized carbons (Fsp3) is 0.412. The van der Waals surface area contributed by atoms with E-state index in [2.05, 4.69) is 35.7 Å². The smallest absolute Gasteiger partial charge is 0.225 e. The Morgan fingerprint density at radius 1 is 1.08 bits per heavy atom. The highest BCUT2D eigenvalue weighted by molar-refractivity contribution is 9.10. The van der Waals surface area contributed by atoms with Crippen molar-refractivity contribution in [3.05, 3.63) is 47.2 Å². The normalized spacial score (nSPS) is 16.8. The molecule has 0 radical (unpaired) electrons. The highest BCUT2D eigenvalue weighted by Crippen LogP contribution is 2.16. The summed E-state index contributed by atoms with van der Waals surface area (Å²) in [7, 11) is 0. The van der Waals surface area contributed by atoms with Crippen LogP contribution < -0.4 is 9.64 Å². The summed E-state index contributed by atoms with van der Waals surface area (Å²) >= 11 is 3.39. The van der Waals surface area contributed by atoms with Gasteiger partial charge in [-0.1, -0.05) is 15.9 Å². The minimum absolute atomic E-state index is 0.295. The van der Waals surface area contributed by atoms with Crippen LogP contribution >= 0.6 is 15.9 Å². The van der Waals surface area contributed by atoms with Crippen molar-refractivity contribution in [3.8, 4) is 5.75 Å².